The molecule has 4 rings (SSSR count). The Kier molecular flexibility index (Phi) is 12.2. The van der Waals surface area contributed by atoms with E-state index in [1.807, 2.05) is 0 Å². The number of aromatic carboxylic acids is 1. The quantitative estimate of drug-likeness (QED) is 0.168. The molecule has 0 radical (unpaired) electrons. The molecule has 41 heavy (non-hydrogen) atoms. The van der Waals surface area contributed by atoms with E-state index in [1.54, 1.807) is 13.8 Å². The molecule has 2 atom stereocenters. The Morgan fingerprint density at radius 3 is 1.61 bits per heavy atom. The minimum Gasteiger partial charge on any atom is -0.545 e. The van der Waals surface area contributed by atoms with Crippen molar-refractivity contribution < 1.29 is 36.9 Å². The number of carbonyl (C=O) groups is 1. The minimum absolute atomic E-state index is 0. The summed E-state index contributed by atoms with van der Waals surface area (Å²) in [7, 11) is 0. The number of benzene rings is 3. The van der Waals surface area contributed by atoms with E-state index in [4.69, 9.17) is 10.1 Å². The van der Waals surface area contributed by atoms with Crippen LogP contribution in [0.1, 0.15) is 84.1 Å². The van der Waals surface area contributed by atoms with Gasteiger partial charge in [-0.25, -0.2) is 0 Å². The first-order chi connectivity index (χ1) is 19.0. The predicted octanol–water partition coefficient (Wildman–Crippen LogP) is 6.63. The Bertz CT molecular complexity index is 1390. The molecule has 8 heteroatoms. The monoisotopic (exact) mass is 599 g/mol. The molecule has 0 saturated heterocycles. The molecule has 0 aliphatic heterocycles. The zero-order chi connectivity index (χ0) is 29.4. The van der Waals surface area contributed by atoms with Gasteiger partial charge in [0.1, 0.15) is 0 Å². The number of aromatic nitrogens is 1. The molecular weight excluding hydrogens is 561 g/mol. The SMILES string of the molecule is CC(C)c1ccc(O)c(O)c1C(=O)[O-].Cc1ccccc1NC(C)c1cccc(C(C)Nc2ccccc2C)n1.[Co+]. The summed E-state index contributed by atoms with van der Waals surface area (Å²) >= 11 is 0. The Morgan fingerprint density at radius 2 is 1.20 bits per heavy atom. The second-order valence-electron chi connectivity index (χ2n) is 10.2. The molecule has 0 fully saturated rings. The molecule has 1 aromatic heterocycles. The molecule has 0 bridgehead atoms. The average molecular weight is 600 g/mol. The summed E-state index contributed by atoms with van der Waals surface area (Å²) in [6.45, 7) is 12.1. The van der Waals surface area contributed by atoms with Crippen LogP contribution in [0.3, 0.4) is 0 Å². The van der Waals surface area contributed by atoms with Crippen molar-refractivity contribution in [1.29, 1.82) is 0 Å². The Morgan fingerprint density at radius 1 is 0.732 bits per heavy atom. The zero-order valence-corrected chi connectivity index (χ0v) is 25.3. The van der Waals surface area contributed by atoms with Crippen molar-refractivity contribution in [3.05, 3.63) is 113 Å². The van der Waals surface area contributed by atoms with Gasteiger partial charge in [0, 0.05) is 16.9 Å². The first-order valence-corrected chi connectivity index (χ1v) is 13.4. The third-order valence-electron chi connectivity index (χ3n) is 6.73. The fraction of sp³-hybridized carbons (Fsp3) is 0.273. The summed E-state index contributed by atoms with van der Waals surface area (Å²) in [6.07, 6.45) is 0. The number of phenolic OH excluding ortho intramolecular Hbond substituents is 1. The zero-order valence-electron chi connectivity index (χ0n) is 24.2. The molecule has 218 valence electrons. The summed E-state index contributed by atoms with van der Waals surface area (Å²) in [5, 5.41) is 36.3. The fourth-order valence-corrected chi connectivity index (χ4v) is 4.33. The molecule has 0 aliphatic rings. The van der Waals surface area contributed by atoms with Gasteiger partial charge in [0.15, 0.2) is 11.5 Å². The number of para-hydroxylation sites is 2. The van der Waals surface area contributed by atoms with Crippen LogP contribution in [0.2, 0.25) is 0 Å². The van der Waals surface area contributed by atoms with Crippen LogP contribution in [-0.4, -0.2) is 21.2 Å². The Labute approximate surface area is 252 Å². The van der Waals surface area contributed by atoms with E-state index >= 15 is 0 Å². The van der Waals surface area contributed by atoms with Crippen LogP contribution in [0.15, 0.2) is 78.9 Å². The van der Waals surface area contributed by atoms with E-state index in [1.165, 1.54) is 23.3 Å². The summed E-state index contributed by atoms with van der Waals surface area (Å²) in [6, 6.07) is 25.9. The third-order valence-corrected chi connectivity index (χ3v) is 6.73. The second-order valence-corrected chi connectivity index (χ2v) is 10.2. The van der Waals surface area contributed by atoms with Crippen molar-refractivity contribution in [1.82, 2.24) is 4.98 Å². The number of carboxylic acid groups (broad SMARTS) is 1. The molecule has 0 aliphatic carbocycles. The molecule has 0 saturated carbocycles. The number of carbonyl (C=O) groups excluding carboxylic acids is 1. The van der Waals surface area contributed by atoms with Crippen LogP contribution in [0.25, 0.3) is 0 Å². The maximum atomic E-state index is 10.7. The topological polar surface area (TPSA) is 118 Å². The third kappa shape index (κ3) is 8.73. The minimum atomic E-state index is -1.48. The molecule has 0 spiro atoms. The van der Waals surface area contributed by atoms with Crippen molar-refractivity contribution in [2.75, 3.05) is 10.6 Å². The van der Waals surface area contributed by atoms with E-state index in [-0.39, 0.29) is 40.3 Å². The number of nitrogens with zero attached hydrogens (tertiary/aromatic N) is 1. The number of aryl methyl sites for hydroxylation is 2. The van der Waals surface area contributed by atoms with Gasteiger partial charge in [-0.1, -0.05) is 62.4 Å². The van der Waals surface area contributed by atoms with Gasteiger partial charge in [0.2, 0.25) is 0 Å². The number of anilines is 2. The summed E-state index contributed by atoms with van der Waals surface area (Å²) in [5.41, 5.74) is 6.99. The van der Waals surface area contributed by atoms with Crippen molar-refractivity contribution >= 4 is 17.3 Å². The van der Waals surface area contributed by atoms with E-state index < -0.39 is 17.5 Å². The van der Waals surface area contributed by atoms with Gasteiger partial charge in [-0.05, 0) is 80.6 Å². The van der Waals surface area contributed by atoms with E-state index in [2.05, 4.69) is 105 Å². The number of phenols is 2. The first-order valence-electron chi connectivity index (χ1n) is 13.4. The van der Waals surface area contributed by atoms with Crippen LogP contribution in [0.4, 0.5) is 11.4 Å². The Hall–Kier alpha value is -4.01. The van der Waals surface area contributed by atoms with Crippen LogP contribution in [-0.2, 0) is 16.8 Å². The van der Waals surface area contributed by atoms with Gasteiger partial charge in [-0.3, -0.25) is 4.98 Å². The number of nitrogens with one attached hydrogen (secondary N) is 2. The van der Waals surface area contributed by atoms with Crippen LogP contribution >= 0.6 is 0 Å². The molecule has 0 amide bonds. The summed E-state index contributed by atoms with van der Waals surface area (Å²) in [5.74, 6) is -2.62. The Balaban J connectivity index is 0.000000334. The van der Waals surface area contributed by atoms with E-state index in [0.29, 0.717) is 5.56 Å². The van der Waals surface area contributed by atoms with Crippen LogP contribution in [0.5, 0.6) is 11.5 Å². The molecule has 2 unspecified atom stereocenters. The summed E-state index contributed by atoms with van der Waals surface area (Å²) < 4.78 is 0. The summed E-state index contributed by atoms with van der Waals surface area (Å²) in [4.78, 5) is 15.6. The number of carboxylic acids is 1. The van der Waals surface area contributed by atoms with Crippen molar-refractivity contribution in [2.24, 2.45) is 0 Å². The molecule has 4 aromatic rings. The number of pyridine rings is 1. The first kappa shape index (κ1) is 33.2. The van der Waals surface area contributed by atoms with Crippen molar-refractivity contribution in [3.63, 3.8) is 0 Å². The number of aromatic hydroxyl groups is 2. The van der Waals surface area contributed by atoms with Gasteiger partial charge in [0.25, 0.3) is 0 Å². The fourth-order valence-electron chi connectivity index (χ4n) is 4.33. The molecular formula is C33H38CoN3O4. The van der Waals surface area contributed by atoms with E-state index in [0.717, 1.165) is 22.8 Å². The van der Waals surface area contributed by atoms with Crippen molar-refractivity contribution in [3.8, 4) is 11.5 Å². The number of hydrogen-bond donors (Lipinski definition) is 4. The van der Waals surface area contributed by atoms with Crippen LogP contribution in [0, 0.1) is 13.8 Å². The van der Waals surface area contributed by atoms with Gasteiger partial charge in [-0.2, -0.15) is 0 Å². The second kappa shape index (κ2) is 15.1. The van der Waals surface area contributed by atoms with Crippen LogP contribution < -0.4 is 15.7 Å². The number of rotatable bonds is 8. The van der Waals surface area contributed by atoms with Gasteiger partial charge in [-0.15, -0.1) is 0 Å². The largest absolute Gasteiger partial charge is 1.00 e. The van der Waals surface area contributed by atoms with Gasteiger partial charge < -0.3 is 30.7 Å². The standard InChI is InChI=1S/C23H27N3.C10H12O4.Co/c1-16-10-5-7-12-20(16)24-18(3)22-14-9-15-23(26-22)19(4)25-21-13-8-6-11-17(21)2;1-5(2)6-3-4-7(11)9(12)8(6)10(13)14;/h5-15,18-19,24-25H,1-4H3;3-5,11-12H,1-2H3,(H,13,14);/q;;+1/p-1. The molecule has 1 heterocycles. The van der Waals surface area contributed by atoms with Gasteiger partial charge >= 0.3 is 16.8 Å². The maximum absolute atomic E-state index is 10.7. The smallest absolute Gasteiger partial charge is 0.545 e. The molecule has 7 nitrogen and oxygen atoms in total. The van der Waals surface area contributed by atoms with E-state index in [9.17, 15) is 15.0 Å². The predicted molar refractivity (Wildman–Crippen MR) is 159 cm³/mol. The number of hydrogen-bond acceptors (Lipinski definition) is 7. The normalized spacial score (nSPS) is 11.9. The maximum Gasteiger partial charge on any atom is 1.00 e. The van der Waals surface area contributed by atoms with Crippen molar-refractivity contribution in [2.45, 2.75) is 59.5 Å². The molecule has 4 N–H and O–H groups in total. The average Bonchev–Trinajstić information content (AvgIpc) is 2.92. The van der Waals surface area contributed by atoms with Gasteiger partial charge in [0.05, 0.1) is 29.4 Å². The molecule has 3 aromatic carbocycles.